The van der Waals surface area contributed by atoms with Crippen LogP contribution in [0.15, 0.2) is 36.4 Å². The molecule has 3 atom stereocenters. The van der Waals surface area contributed by atoms with Gasteiger partial charge in [-0.3, -0.25) is 10.1 Å². The van der Waals surface area contributed by atoms with Crippen molar-refractivity contribution in [1.82, 2.24) is 20.0 Å². The third-order valence-electron chi connectivity index (χ3n) is 6.63. The molecule has 4 rings (SSSR count). The van der Waals surface area contributed by atoms with E-state index in [1.807, 2.05) is 6.07 Å². The van der Waals surface area contributed by atoms with Crippen LogP contribution in [0.2, 0.25) is 5.02 Å². The van der Waals surface area contributed by atoms with Crippen molar-refractivity contribution < 1.29 is 24.2 Å². The number of aromatic nitrogens is 4. The third-order valence-corrected chi connectivity index (χ3v) is 6.98. The topological polar surface area (TPSA) is 128 Å². The van der Waals surface area contributed by atoms with Crippen LogP contribution in [0.5, 0.6) is 5.75 Å². The van der Waals surface area contributed by atoms with Gasteiger partial charge in [0.15, 0.2) is 11.5 Å². The summed E-state index contributed by atoms with van der Waals surface area (Å²) in [5.74, 6) is -0.274. The highest BCUT2D eigenvalue weighted by Gasteiger charge is 2.31. The Bertz CT molecular complexity index is 1280. The predicted molar refractivity (Wildman–Crippen MR) is 138 cm³/mol. The lowest BCUT2D eigenvalue weighted by molar-refractivity contribution is -0.145. The number of carbonyl (C=O) groups excluding carboxylic acids is 1. The second-order valence-corrected chi connectivity index (χ2v) is 9.59. The smallest absolute Gasteiger partial charge is 0.413 e. The van der Waals surface area contributed by atoms with Gasteiger partial charge in [0.2, 0.25) is 0 Å². The number of halogens is 1. The lowest BCUT2D eigenvalue weighted by Gasteiger charge is -2.28. The van der Waals surface area contributed by atoms with E-state index in [-0.39, 0.29) is 11.8 Å². The van der Waals surface area contributed by atoms with Gasteiger partial charge in [-0.1, -0.05) is 47.9 Å². The van der Waals surface area contributed by atoms with Crippen molar-refractivity contribution in [2.24, 2.45) is 18.9 Å². The molecule has 11 heteroatoms. The molecule has 2 aromatic heterocycles. The van der Waals surface area contributed by atoms with Gasteiger partial charge in [-0.05, 0) is 44.9 Å². The van der Waals surface area contributed by atoms with Crippen LogP contribution in [-0.2, 0) is 16.6 Å². The fourth-order valence-corrected chi connectivity index (χ4v) is 4.88. The number of anilines is 1. The molecular formula is C26H30ClN5O5. The van der Waals surface area contributed by atoms with Crippen LogP contribution in [0.4, 0.5) is 10.6 Å². The van der Waals surface area contributed by atoms with E-state index in [1.165, 1.54) is 4.68 Å². The van der Waals surface area contributed by atoms with Gasteiger partial charge in [0.25, 0.3) is 0 Å². The number of nitrogens with zero attached hydrogens (tertiary/aromatic N) is 4. The maximum absolute atomic E-state index is 12.6. The number of pyridine rings is 1. The van der Waals surface area contributed by atoms with Gasteiger partial charge in [0, 0.05) is 23.6 Å². The van der Waals surface area contributed by atoms with Crippen LogP contribution in [0.25, 0.3) is 11.4 Å². The molecule has 1 aliphatic carbocycles. The van der Waals surface area contributed by atoms with Gasteiger partial charge in [-0.2, -0.15) is 0 Å². The molecule has 1 fully saturated rings. The Morgan fingerprint density at radius 3 is 2.70 bits per heavy atom. The number of carboxylic acids is 1. The summed E-state index contributed by atoms with van der Waals surface area (Å²) >= 11 is 6.21. The summed E-state index contributed by atoms with van der Waals surface area (Å²) in [6, 6.07) is 10.7. The number of carboxylic acid groups (broad SMARTS) is 1. The molecule has 0 saturated heterocycles. The lowest BCUT2D eigenvalue weighted by atomic mass is 9.80. The molecule has 2 N–H and O–H groups in total. The number of amides is 1. The summed E-state index contributed by atoms with van der Waals surface area (Å²) in [6.45, 7) is 3.86. The number of rotatable bonds is 8. The van der Waals surface area contributed by atoms with Crippen molar-refractivity contribution in [3.05, 3.63) is 52.7 Å². The van der Waals surface area contributed by atoms with E-state index >= 15 is 0 Å². The fraction of sp³-hybridized carbons (Fsp3) is 0.423. The molecule has 1 aromatic carbocycles. The summed E-state index contributed by atoms with van der Waals surface area (Å²) in [7, 11) is 1.65. The van der Waals surface area contributed by atoms with Crippen molar-refractivity contribution in [3.8, 4) is 17.1 Å². The SMILES string of the molecule is Cc1nc(-c2nnn(C)c2NC(=O)O[C@H](C)c2ccccc2Cl)ccc1OCC1CCCCC1C(=O)O. The average molecular weight is 528 g/mol. The number of hydrogen-bond acceptors (Lipinski definition) is 7. The molecule has 2 heterocycles. The van der Waals surface area contributed by atoms with E-state index < -0.39 is 18.2 Å². The number of nitrogens with one attached hydrogen (secondary N) is 1. The van der Waals surface area contributed by atoms with E-state index in [0.717, 1.165) is 19.3 Å². The highest BCUT2D eigenvalue weighted by atomic mass is 35.5. The van der Waals surface area contributed by atoms with Gasteiger partial charge >= 0.3 is 12.1 Å². The molecule has 1 amide bonds. The minimum Gasteiger partial charge on any atom is -0.491 e. The predicted octanol–water partition coefficient (Wildman–Crippen LogP) is 5.42. The second kappa shape index (κ2) is 11.6. The number of carbonyl (C=O) groups is 2. The quantitative estimate of drug-likeness (QED) is 0.397. The van der Waals surface area contributed by atoms with E-state index in [9.17, 15) is 14.7 Å². The first kappa shape index (κ1) is 26.4. The molecule has 196 valence electrons. The molecule has 3 aromatic rings. The standard InChI is InChI=1S/C26H30ClN5O5/c1-15-22(36-14-17-8-4-5-10-19(17)25(33)34)13-12-21(28-15)23-24(32(3)31-30-23)29-26(35)37-16(2)18-9-6-7-11-20(18)27/h6-7,9,11-13,16-17,19H,4-5,8,10,14H2,1-3H3,(H,29,35)(H,33,34)/t16-,17?,19?/m1/s1. The van der Waals surface area contributed by atoms with Crippen molar-refractivity contribution in [2.75, 3.05) is 11.9 Å². The largest absolute Gasteiger partial charge is 0.491 e. The molecule has 0 aliphatic heterocycles. The van der Waals surface area contributed by atoms with Crippen LogP contribution < -0.4 is 10.1 Å². The van der Waals surface area contributed by atoms with Crippen LogP contribution in [0, 0.1) is 18.8 Å². The van der Waals surface area contributed by atoms with E-state index in [1.54, 1.807) is 51.2 Å². The van der Waals surface area contributed by atoms with E-state index in [0.29, 0.717) is 52.3 Å². The number of ether oxygens (including phenoxy) is 2. The number of benzene rings is 1. The molecule has 2 unspecified atom stereocenters. The number of aryl methyl sites for hydroxylation is 2. The number of hydrogen-bond donors (Lipinski definition) is 2. The Morgan fingerprint density at radius 2 is 1.97 bits per heavy atom. The Kier molecular flexibility index (Phi) is 8.27. The van der Waals surface area contributed by atoms with Gasteiger partial charge in [-0.15, -0.1) is 5.10 Å². The fourth-order valence-electron chi connectivity index (χ4n) is 4.59. The Hall–Kier alpha value is -3.66. The lowest BCUT2D eigenvalue weighted by Crippen LogP contribution is -2.31. The van der Waals surface area contributed by atoms with E-state index in [4.69, 9.17) is 21.1 Å². The first-order valence-corrected chi connectivity index (χ1v) is 12.6. The van der Waals surface area contributed by atoms with Crippen molar-refractivity contribution in [2.45, 2.75) is 45.6 Å². The van der Waals surface area contributed by atoms with Crippen molar-refractivity contribution in [1.29, 1.82) is 0 Å². The zero-order valence-corrected chi connectivity index (χ0v) is 21.7. The zero-order chi connectivity index (χ0) is 26.5. The molecule has 1 saturated carbocycles. The minimum absolute atomic E-state index is 0.0275. The monoisotopic (exact) mass is 527 g/mol. The Morgan fingerprint density at radius 1 is 1.22 bits per heavy atom. The van der Waals surface area contributed by atoms with Gasteiger partial charge in [-0.25, -0.2) is 14.5 Å². The molecule has 0 bridgehead atoms. The number of aliphatic carboxylic acids is 1. The van der Waals surface area contributed by atoms with Crippen LogP contribution >= 0.6 is 11.6 Å². The molecule has 10 nitrogen and oxygen atoms in total. The Labute approximate surface area is 219 Å². The van der Waals surface area contributed by atoms with Gasteiger partial charge in [0.05, 0.1) is 23.9 Å². The van der Waals surface area contributed by atoms with E-state index in [2.05, 4.69) is 20.6 Å². The summed E-state index contributed by atoms with van der Waals surface area (Å²) in [6.07, 6.45) is 2.21. The van der Waals surface area contributed by atoms with Crippen molar-refractivity contribution in [3.63, 3.8) is 0 Å². The molecule has 1 aliphatic rings. The normalized spacial score (nSPS) is 18.2. The highest BCUT2D eigenvalue weighted by Crippen LogP contribution is 2.32. The molecule has 37 heavy (non-hydrogen) atoms. The van der Waals surface area contributed by atoms with Gasteiger partial charge < -0.3 is 14.6 Å². The van der Waals surface area contributed by atoms with Crippen LogP contribution in [0.1, 0.15) is 50.0 Å². The Balaban J connectivity index is 1.44. The maximum atomic E-state index is 12.6. The summed E-state index contributed by atoms with van der Waals surface area (Å²) in [5, 5.41) is 20.9. The molecule has 0 radical (unpaired) electrons. The molecule has 0 spiro atoms. The third kappa shape index (κ3) is 6.19. The van der Waals surface area contributed by atoms with Crippen molar-refractivity contribution >= 4 is 29.5 Å². The summed E-state index contributed by atoms with van der Waals surface area (Å²) < 4.78 is 12.9. The van der Waals surface area contributed by atoms with Gasteiger partial charge in [0.1, 0.15) is 11.9 Å². The summed E-state index contributed by atoms with van der Waals surface area (Å²) in [4.78, 5) is 28.8. The van der Waals surface area contributed by atoms with Crippen LogP contribution in [-0.4, -0.2) is 43.8 Å². The first-order valence-electron chi connectivity index (χ1n) is 12.2. The first-order chi connectivity index (χ1) is 17.7. The average Bonchev–Trinajstić information content (AvgIpc) is 3.23. The van der Waals surface area contributed by atoms with Crippen LogP contribution in [0.3, 0.4) is 0 Å². The maximum Gasteiger partial charge on any atom is 0.413 e. The second-order valence-electron chi connectivity index (χ2n) is 9.18. The molecular weight excluding hydrogens is 498 g/mol. The summed E-state index contributed by atoms with van der Waals surface area (Å²) in [5.41, 5.74) is 2.18. The zero-order valence-electron chi connectivity index (χ0n) is 21.0. The highest BCUT2D eigenvalue weighted by molar-refractivity contribution is 6.31. The minimum atomic E-state index is -0.763.